The van der Waals surface area contributed by atoms with Gasteiger partial charge in [0.2, 0.25) is 11.9 Å². The van der Waals surface area contributed by atoms with Gasteiger partial charge < -0.3 is 29.1 Å². The predicted octanol–water partition coefficient (Wildman–Crippen LogP) is 3.67. The fraction of sp³-hybridized carbons (Fsp3) is 0.571. The molecule has 8 heteroatoms. The van der Waals surface area contributed by atoms with Gasteiger partial charge in [-0.2, -0.15) is 0 Å². The number of ether oxygens (including phenoxy) is 2. The summed E-state index contributed by atoms with van der Waals surface area (Å²) in [6.45, 7) is 10.9. The molecule has 0 radical (unpaired) electrons. The Balaban J connectivity index is 1.45. The monoisotopic (exact) mass is 490 g/mol. The number of hydrogen-bond acceptors (Lipinski definition) is 4. The molecule has 192 valence electrons. The zero-order valence-electron chi connectivity index (χ0n) is 21.3. The number of aliphatic imine (C=N–C) groups is 2. The van der Waals surface area contributed by atoms with Crippen LogP contribution < -0.4 is 0 Å². The number of rotatable bonds is 2. The van der Waals surface area contributed by atoms with Gasteiger partial charge in [-0.1, -0.05) is 24.3 Å². The second kappa shape index (κ2) is 11.0. The van der Waals surface area contributed by atoms with Crippen molar-refractivity contribution in [3.05, 3.63) is 36.4 Å². The summed E-state index contributed by atoms with van der Waals surface area (Å²) in [4.78, 5) is 20.5. The Morgan fingerprint density at radius 2 is 0.917 bits per heavy atom. The van der Waals surface area contributed by atoms with Crippen LogP contribution in [0.3, 0.4) is 0 Å². The highest BCUT2D eigenvalue weighted by Gasteiger charge is 2.26. The average Bonchev–Trinajstić information content (AvgIpc) is 3.67. The van der Waals surface area contributed by atoms with E-state index in [4.69, 9.17) is 19.5 Å². The molecule has 0 amide bonds. The van der Waals surface area contributed by atoms with Crippen LogP contribution in [0.4, 0.5) is 11.4 Å². The molecule has 0 aliphatic carbocycles. The van der Waals surface area contributed by atoms with Crippen molar-refractivity contribution in [1.82, 2.24) is 19.6 Å². The lowest BCUT2D eigenvalue weighted by molar-refractivity contribution is 0.0630. The second-order valence-corrected chi connectivity index (χ2v) is 10.1. The van der Waals surface area contributed by atoms with Gasteiger partial charge in [0, 0.05) is 57.7 Å². The maximum absolute atomic E-state index is 5.65. The first-order valence-electron chi connectivity index (χ1n) is 13.7. The van der Waals surface area contributed by atoms with Gasteiger partial charge in [-0.3, -0.25) is 0 Å². The lowest BCUT2D eigenvalue weighted by atomic mass is 10.1. The molecule has 0 saturated carbocycles. The van der Waals surface area contributed by atoms with Crippen molar-refractivity contribution in [2.75, 3.05) is 78.8 Å². The largest absolute Gasteiger partial charge is 0.378 e. The van der Waals surface area contributed by atoms with Crippen LogP contribution in [0.15, 0.2) is 46.4 Å². The second-order valence-electron chi connectivity index (χ2n) is 10.1. The number of benzene rings is 2. The Hall–Kier alpha value is -2.84. The Morgan fingerprint density at radius 3 is 1.33 bits per heavy atom. The summed E-state index contributed by atoms with van der Waals surface area (Å²) in [6, 6.07) is 12.9. The van der Waals surface area contributed by atoms with Crippen LogP contribution in [0.1, 0.15) is 25.7 Å². The fourth-order valence-electron chi connectivity index (χ4n) is 5.75. The first kappa shape index (κ1) is 23.6. The molecule has 0 bridgehead atoms. The summed E-state index contributed by atoms with van der Waals surface area (Å²) in [5.41, 5.74) is 2.01. The molecular weight excluding hydrogens is 452 g/mol. The van der Waals surface area contributed by atoms with Gasteiger partial charge >= 0.3 is 0 Å². The zero-order valence-corrected chi connectivity index (χ0v) is 21.3. The average molecular weight is 491 g/mol. The molecule has 4 heterocycles. The lowest BCUT2D eigenvalue weighted by Crippen LogP contribution is -2.48. The molecule has 0 unspecified atom stereocenters. The van der Waals surface area contributed by atoms with E-state index in [-0.39, 0.29) is 0 Å². The van der Waals surface area contributed by atoms with Crippen LogP contribution in [-0.4, -0.2) is 110 Å². The molecule has 4 saturated heterocycles. The van der Waals surface area contributed by atoms with Gasteiger partial charge in [0.15, 0.2) is 0 Å². The van der Waals surface area contributed by atoms with E-state index in [1.165, 1.54) is 31.1 Å². The molecule has 0 spiro atoms. The topological polar surface area (TPSA) is 56.1 Å². The molecule has 4 aliphatic heterocycles. The molecule has 36 heavy (non-hydrogen) atoms. The summed E-state index contributed by atoms with van der Waals surface area (Å²) in [5, 5.41) is 2.32. The van der Waals surface area contributed by atoms with E-state index in [0.29, 0.717) is 0 Å². The van der Waals surface area contributed by atoms with Gasteiger partial charge in [0.05, 0.1) is 37.8 Å². The van der Waals surface area contributed by atoms with Crippen LogP contribution in [0.25, 0.3) is 10.8 Å². The first-order valence-corrected chi connectivity index (χ1v) is 13.7. The molecule has 0 N–H and O–H groups in total. The van der Waals surface area contributed by atoms with Crippen molar-refractivity contribution in [2.45, 2.75) is 25.7 Å². The van der Waals surface area contributed by atoms with Gasteiger partial charge in [0.1, 0.15) is 0 Å². The van der Waals surface area contributed by atoms with Crippen molar-refractivity contribution >= 4 is 34.1 Å². The van der Waals surface area contributed by atoms with E-state index in [2.05, 4.69) is 56.0 Å². The Morgan fingerprint density at radius 1 is 0.528 bits per heavy atom. The van der Waals surface area contributed by atoms with Crippen molar-refractivity contribution in [2.24, 2.45) is 9.98 Å². The number of nitrogens with zero attached hydrogens (tertiary/aromatic N) is 6. The van der Waals surface area contributed by atoms with Crippen molar-refractivity contribution in [3.63, 3.8) is 0 Å². The third-order valence-corrected chi connectivity index (χ3v) is 7.67. The fourth-order valence-corrected chi connectivity index (χ4v) is 5.75. The van der Waals surface area contributed by atoms with E-state index in [9.17, 15) is 0 Å². The minimum absolute atomic E-state index is 0.761. The predicted molar refractivity (Wildman–Crippen MR) is 145 cm³/mol. The number of fused-ring (bicyclic) bond motifs is 1. The van der Waals surface area contributed by atoms with Crippen LogP contribution >= 0.6 is 0 Å². The maximum atomic E-state index is 5.65. The van der Waals surface area contributed by atoms with Gasteiger partial charge in [-0.05, 0) is 43.2 Å². The van der Waals surface area contributed by atoms with E-state index in [0.717, 1.165) is 107 Å². The highest BCUT2D eigenvalue weighted by molar-refractivity contribution is 6.04. The Bertz CT molecular complexity index is 1010. The third kappa shape index (κ3) is 5.02. The van der Waals surface area contributed by atoms with Crippen molar-refractivity contribution in [1.29, 1.82) is 0 Å². The highest BCUT2D eigenvalue weighted by atomic mass is 16.5. The maximum Gasteiger partial charge on any atom is 0.202 e. The van der Waals surface area contributed by atoms with E-state index < -0.39 is 0 Å². The number of hydrogen-bond donors (Lipinski definition) is 0. The Labute approximate surface area is 214 Å². The molecular formula is C28H38N6O2. The van der Waals surface area contributed by atoms with E-state index in [1.54, 1.807) is 0 Å². The molecule has 2 aromatic carbocycles. The summed E-state index contributed by atoms with van der Waals surface area (Å²) < 4.78 is 11.3. The summed E-state index contributed by atoms with van der Waals surface area (Å²) in [5.74, 6) is 2.19. The van der Waals surface area contributed by atoms with Crippen LogP contribution in [0, 0.1) is 0 Å². The third-order valence-electron chi connectivity index (χ3n) is 7.67. The molecule has 0 atom stereocenters. The van der Waals surface area contributed by atoms with Gasteiger partial charge in [0.25, 0.3) is 0 Å². The highest BCUT2D eigenvalue weighted by Crippen LogP contribution is 2.36. The van der Waals surface area contributed by atoms with Gasteiger partial charge in [-0.25, -0.2) is 9.98 Å². The van der Waals surface area contributed by atoms with Crippen molar-refractivity contribution < 1.29 is 9.47 Å². The molecule has 4 fully saturated rings. The number of guanidine groups is 2. The standard InChI is InChI=1S/C28H38N6O2/c1-2-12-31(11-1)27(33-15-19-35-20-16-33)29-24-9-5-7-23-8-6-10-25(26(23)24)30-28(32-13-3-4-14-32)34-17-21-36-22-18-34/h5-10H,1-4,11-22H2. The minimum Gasteiger partial charge on any atom is -0.378 e. The van der Waals surface area contributed by atoms with Gasteiger partial charge in [-0.15, -0.1) is 0 Å². The smallest absolute Gasteiger partial charge is 0.202 e. The van der Waals surface area contributed by atoms with E-state index in [1.807, 2.05) is 0 Å². The number of likely N-dealkylation sites (tertiary alicyclic amines) is 2. The molecule has 0 aromatic heterocycles. The molecule has 2 aromatic rings. The van der Waals surface area contributed by atoms with Crippen LogP contribution in [-0.2, 0) is 9.47 Å². The summed E-state index contributed by atoms with van der Waals surface area (Å²) in [6.07, 6.45) is 4.92. The minimum atomic E-state index is 0.761. The molecule has 4 aliphatic rings. The zero-order chi connectivity index (χ0) is 24.2. The molecule has 8 nitrogen and oxygen atoms in total. The SMILES string of the molecule is c1cc(N=C(N2CCCC2)N2CCOCC2)c2c(N=C(N3CCCC3)N3CCOCC3)cccc2c1. The van der Waals surface area contributed by atoms with Crippen LogP contribution in [0.5, 0.6) is 0 Å². The summed E-state index contributed by atoms with van der Waals surface area (Å²) >= 11 is 0. The van der Waals surface area contributed by atoms with E-state index >= 15 is 0 Å². The molecule has 6 rings (SSSR count). The summed E-state index contributed by atoms with van der Waals surface area (Å²) in [7, 11) is 0. The normalized spacial score (nSPS) is 22.2. The van der Waals surface area contributed by atoms with Crippen molar-refractivity contribution in [3.8, 4) is 0 Å². The Kier molecular flexibility index (Phi) is 7.23. The number of morpholine rings is 2. The van der Waals surface area contributed by atoms with Crippen LogP contribution in [0.2, 0.25) is 0 Å². The quantitative estimate of drug-likeness (QED) is 0.473. The first-order chi connectivity index (χ1) is 17.9. The lowest BCUT2D eigenvalue weighted by Gasteiger charge is -2.35.